The second-order valence-electron chi connectivity index (χ2n) is 10.5. The topological polar surface area (TPSA) is 196 Å². The molecule has 0 aromatic carbocycles. The van der Waals surface area contributed by atoms with E-state index >= 15 is 0 Å². The zero-order valence-corrected chi connectivity index (χ0v) is 22.1. The third-order valence-electron chi connectivity index (χ3n) is 7.86. The van der Waals surface area contributed by atoms with E-state index in [1.165, 1.54) is 29.2 Å². The number of hydrogen-bond acceptors (Lipinski definition) is 8. The van der Waals surface area contributed by atoms with Crippen molar-refractivity contribution in [3.05, 3.63) is 24.2 Å². The number of nitrogens with one attached hydrogen (secondary N) is 2. The first-order valence-electron chi connectivity index (χ1n) is 13.3. The summed E-state index contributed by atoms with van der Waals surface area (Å²) < 4.78 is 9.88. The molecule has 0 radical (unpaired) electrons. The number of carbonyl (C=O) groups is 6. The number of ether oxygens (including phenoxy) is 1. The average Bonchev–Trinajstić information content (AvgIpc) is 3.68. The Bertz CT molecular complexity index is 1140. The smallest absolute Gasteiger partial charge is 0.326 e. The van der Waals surface area contributed by atoms with Gasteiger partial charge in [0.2, 0.25) is 17.7 Å². The maximum atomic E-state index is 13.8. The lowest BCUT2D eigenvalue weighted by Gasteiger charge is -2.36. The molecular formula is C26H34N4O10. The van der Waals surface area contributed by atoms with Gasteiger partial charge in [0.1, 0.15) is 18.7 Å². The lowest BCUT2D eigenvalue weighted by atomic mass is 9.77. The molecule has 4 rings (SSSR count). The Morgan fingerprint density at radius 3 is 1.88 bits per heavy atom. The van der Waals surface area contributed by atoms with E-state index in [9.17, 15) is 39.0 Å². The van der Waals surface area contributed by atoms with E-state index in [1.807, 2.05) is 0 Å². The Balaban J connectivity index is 1.48. The highest BCUT2D eigenvalue weighted by atomic mass is 16.5. The number of rotatable bonds is 9. The molecule has 2 saturated heterocycles. The number of likely N-dealkylation sites (tertiary alicyclic amines) is 2. The van der Waals surface area contributed by atoms with E-state index in [0.717, 1.165) is 0 Å². The van der Waals surface area contributed by atoms with Crippen molar-refractivity contribution in [1.29, 1.82) is 0 Å². The molecule has 40 heavy (non-hydrogen) atoms. The van der Waals surface area contributed by atoms with Gasteiger partial charge in [0.15, 0.2) is 5.76 Å². The second-order valence-corrected chi connectivity index (χ2v) is 10.5. The van der Waals surface area contributed by atoms with Crippen molar-refractivity contribution in [2.45, 2.75) is 62.7 Å². The summed E-state index contributed by atoms with van der Waals surface area (Å²) in [6.07, 6.45) is 3.36. The third kappa shape index (κ3) is 6.27. The fourth-order valence-corrected chi connectivity index (χ4v) is 6.05. The molecule has 4 amide bonds. The summed E-state index contributed by atoms with van der Waals surface area (Å²) in [5, 5.41) is 25.0. The number of carboxylic acids is 2. The summed E-state index contributed by atoms with van der Waals surface area (Å²) in [7, 11) is 1.36. The van der Waals surface area contributed by atoms with E-state index in [-0.39, 0.29) is 38.3 Å². The molecule has 3 aliphatic rings. The molecule has 1 saturated carbocycles. The minimum Gasteiger partial charge on any atom is -0.480 e. The van der Waals surface area contributed by atoms with Crippen molar-refractivity contribution in [2.24, 2.45) is 11.8 Å². The van der Waals surface area contributed by atoms with Crippen LogP contribution in [0.2, 0.25) is 0 Å². The number of carbonyl (C=O) groups excluding carboxylic acids is 4. The minimum absolute atomic E-state index is 0.00504. The molecule has 1 aromatic rings. The van der Waals surface area contributed by atoms with Gasteiger partial charge in [0.25, 0.3) is 5.91 Å². The largest absolute Gasteiger partial charge is 0.480 e. The van der Waals surface area contributed by atoms with Crippen LogP contribution in [0.3, 0.4) is 0 Å². The predicted octanol–water partition coefficient (Wildman–Crippen LogP) is -0.313. The van der Waals surface area contributed by atoms with Crippen LogP contribution in [0.4, 0.5) is 0 Å². The van der Waals surface area contributed by atoms with Gasteiger partial charge in [-0.3, -0.25) is 19.2 Å². The molecule has 2 aliphatic heterocycles. The van der Waals surface area contributed by atoms with Gasteiger partial charge in [-0.25, -0.2) is 9.59 Å². The summed E-state index contributed by atoms with van der Waals surface area (Å²) >= 11 is 0. The van der Waals surface area contributed by atoms with Crippen LogP contribution in [0, 0.1) is 11.8 Å². The van der Waals surface area contributed by atoms with Gasteiger partial charge in [-0.2, -0.15) is 0 Å². The number of aliphatic carboxylic acids is 2. The maximum absolute atomic E-state index is 13.8. The molecule has 0 spiro atoms. The van der Waals surface area contributed by atoms with E-state index in [4.69, 9.17) is 9.15 Å². The van der Waals surface area contributed by atoms with Crippen LogP contribution in [0.1, 0.15) is 49.1 Å². The summed E-state index contributed by atoms with van der Waals surface area (Å²) in [5.41, 5.74) is 0. The molecule has 6 unspecified atom stereocenters. The number of carboxylic acid groups (broad SMARTS) is 2. The number of furan rings is 1. The first kappa shape index (κ1) is 29.1. The van der Waals surface area contributed by atoms with E-state index in [0.29, 0.717) is 25.7 Å². The van der Waals surface area contributed by atoms with E-state index in [1.54, 1.807) is 6.07 Å². The molecule has 0 bridgehead atoms. The van der Waals surface area contributed by atoms with Gasteiger partial charge < -0.3 is 39.8 Å². The van der Waals surface area contributed by atoms with Crippen LogP contribution in [0.25, 0.3) is 0 Å². The average molecular weight is 563 g/mol. The molecular weight excluding hydrogens is 528 g/mol. The molecule has 4 N–H and O–H groups in total. The first-order chi connectivity index (χ1) is 19.1. The summed E-state index contributed by atoms with van der Waals surface area (Å²) in [4.78, 5) is 78.4. The molecule has 6 atom stereocenters. The molecule has 218 valence electrons. The minimum atomic E-state index is -1.22. The van der Waals surface area contributed by atoms with Crippen LogP contribution in [-0.4, -0.2) is 107 Å². The predicted molar refractivity (Wildman–Crippen MR) is 135 cm³/mol. The Kier molecular flexibility index (Phi) is 9.07. The monoisotopic (exact) mass is 562 g/mol. The Hall–Kier alpha value is -3.94. The quantitative estimate of drug-likeness (QED) is 0.310. The first-order valence-corrected chi connectivity index (χ1v) is 13.3. The van der Waals surface area contributed by atoms with Crippen LogP contribution >= 0.6 is 0 Å². The van der Waals surface area contributed by atoms with Gasteiger partial charge in [0.05, 0.1) is 6.26 Å². The van der Waals surface area contributed by atoms with Crippen LogP contribution in [0.15, 0.2) is 22.8 Å². The van der Waals surface area contributed by atoms with E-state index < -0.39 is 71.6 Å². The normalized spacial score (nSPS) is 28.2. The molecule has 14 heteroatoms. The van der Waals surface area contributed by atoms with Crippen molar-refractivity contribution >= 4 is 35.6 Å². The maximum Gasteiger partial charge on any atom is 0.326 e. The van der Waals surface area contributed by atoms with Gasteiger partial charge in [-0.1, -0.05) is 12.8 Å². The highest BCUT2D eigenvalue weighted by Crippen LogP contribution is 2.36. The number of nitrogens with zero attached hydrogens (tertiary/aromatic N) is 2. The molecule has 14 nitrogen and oxygen atoms in total. The van der Waals surface area contributed by atoms with Gasteiger partial charge in [-0.15, -0.1) is 0 Å². The second kappa shape index (κ2) is 12.5. The molecule has 3 heterocycles. The Morgan fingerprint density at radius 2 is 1.43 bits per heavy atom. The fourth-order valence-electron chi connectivity index (χ4n) is 6.05. The number of methoxy groups -OCH3 is 1. The zero-order valence-electron chi connectivity index (χ0n) is 22.1. The fraction of sp³-hybridized carbons (Fsp3) is 0.615. The van der Waals surface area contributed by atoms with Gasteiger partial charge in [-0.05, 0) is 25.0 Å². The molecule has 1 aromatic heterocycles. The third-order valence-corrected chi connectivity index (χ3v) is 7.86. The lowest BCUT2D eigenvalue weighted by molar-refractivity contribution is -0.156. The summed E-state index contributed by atoms with van der Waals surface area (Å²) in [6.45, 7) is -0.273. The van der Waals surface area contributed by atoms with Crippen molar-refractivity contribution in [2.75, 3.05) is 26.8 Å². The Morgan fingerprint density at radius 1 is 0.900 bits per heavy atom. The van der Waals surface area contributed by atoms with Gasteiger partial charge >= 0.3 is 11.9 Å². The standard InChI is InChI=1S/C26H34N4O10/c1-39-13-21(31)27-14-9-18(25(35)36)29(11-14)23(33)16-5-2-3-6-17(16)24(34)30-12-15(10-19(30)26(37)38)28-22(32)20-7-4-8-40-20/h4,7-8,14-19H,2-3,5-6,9-13H2,1H3,(H,27,31)(H,28,32)(H,35,36)(H,37,38). The highest BCUT2D eigenvalue weighted by molar-refractivity contribution is 5.94. The van der Waals surface area contributed by atoms with E-state index in [2.05, 4.69) is 10.6 Å². The summed E-state index contributed by atoms with van der Waals surface area (Å²) in [6, 6.07) is -0.559. The lowest BCUT2D eigenvalue weighted by Crippen LogP contribution is -2.51. The number of hydrogen-bond donors (Lipinski definition) is 4. The van der Waals surface area contributed by atoms with Crippen molar-refractivity contribution in [3.63, 3.8) is 0 Å². The number of amides is 4. The molecule has 1 aliphatic carbocycles. The SMILES string of the molecule is COCC(=O)NC1CC(C(=O)O)N(C(=O)C2CCCCC2C(=O)N2CC(NC(=O)c3ccco3)CC2C(=O)O)C1. The highest BCUT2D eigenvalue weighted by Gasteiger charge is 2.49. The van der Waals surface area contributed by atoms with Crippen LogP contribution in [-0.2, 0) is 28.7 Å². The Labute approximate surface area is 230 Å². The van der Waals surface area contributed by atoms with Crippen molar-refractivity contribution in [1.82, 2.24) is 20.4 Å². The van der Waals surface area contributed by atoms with Crippen molar-refractivity contribution < 1.29 is 48.1 Å². The zero-order chi connectivity index (χ0) is 29.0. The summed E-state index contributed by atoms with van der Waals surface area (Å²) in [5.74, 6) is -6.00. The van der Waals surface area contributed by atoms with Crippen LogP contribution in [0.5, 0.6) is 0 Å². The van der Waals surface area contributed by atoms with Crippen LogP contribution < -0.4 is 10.6 Å². The van der Waals surface area contributed by atoms with Crippen molar-refractivity contribution in [3.8, 4) is 0 Å². The van der Waals surface area contributed by atoms with Gasteiger partial charge in [0, 0.05) is 57.0 Å². The molecule has 3 fully saturated rings.